The van der Waals surface area contributed by atoms with Gasteiger partial charge in [-0.25, -0.2) is 0 Å². The van der Waals surface area contributed by atoms with Gasteiger partial charge in [-0.2, -0.15) is 0 Å². The number of hydrogen-bond donors (Lipinski definition) is 0. The number of aromatic nitrogens is 2. The van der Waals surface area contributed by atoms with Crippen LogP contribution in [0.2, 0.25) is 0 Å². The third-order valence-corrected chi connectivity index (χ3v) is 8.75. The van der Waals surface area contributed by atoms with E-state index in [0.29, 0.717) is 11.8 Å². The predicted octanol–water partition coefficient (Wildman–Crippen LogP) is 8.41. The largest absolute Gasteiger partial charge is 0.416 e. The predicted molar refractivity (Wildman–Crippen MR) is 155 cm³/mol. The molecule has 0 bridgehead atoms. The van der Waals surface area contributed by atoms with Crippen LogP contribution in [0.3, 0.4) is 0 Å². The maximum atomic E-state index is 6.16. The maximum Gasteiger partial charge on any atom is 0.248 e. The van der Waals surface area contributed by atoms with Crippen molar-refractivity contribution < 1.29 is 4.42 Å². The van der Waals surface area contributed by atoms with Crippen molar-refractivity contribution in [2.45, 2.75) is 24.7 Å². The van der Waals surface area contributed by atoms with E-state index in [1.54, 1.807) is 0 Å². The number of rotatable bonds is 2. The van der Waals surface area contributed by atoms with Gasteiger partial charge in [-0.05, 0) is 68.8 Å². The lowest BCUT2D eigenvalue weighted by molar-refractivity contribution is 0.563. The summed E-state index contributed by atoms with van der Waals surface area (Å²) in [5.74, 6) is 1.06. The average molecular weight is 503 g/mol. The molecule has 39 heavy (non-hydrogen) atoms. The van der Waals surface area contributed by atoms with Gasteiger partial charge in [0.1, 0.15) is 0 Å². The van der Waals surface area contributed by atoms with Crippen molar-refractivity contribution in [3.8, 4) is 34.0 Å². The summed E-state index contributed by atoms with van der Waals surface area (Å²) in [5.41, 5.74) is 11.9. The molecule has 2 aliphatic carbocycles. The molecule has 0 saturated heterocycles. The lowest BCUT2D eigenvalue weighted by Gasteiger charge is -2.46. The molecule has 0 aliphatic heterocycles. The summed E-state index contributed by atoms with van der Waals surface area (Å²) in [7, 11) is 0. The van der Waals surface area contributed by atoms with Gasteiger partial charge in [-0.3, -0.25) is 0 Å². The fourth-order valence-electron chi connectivity index (χ4n) is 7.04. The third-order valence-electron chi connectivity index (χ3n) is 8.75. The minimum Gasteiger partial charge on any atom is -0.416 e. The SMILES string of the molecule is CC1(C)c2ccccc2C2(c3ccccc3-c3cc(-c4nnc(-c5ccccc5)o4)ccc32)c2ccccc21. The van der Waals surface area contributed by atoms with Crippen molar-refractivity contribution in [1.82, 2.24) is 10.2 Å². The smallest absolute Gasteiger partial charge is 0.248 e. The zero-order chi connectivity index (χ0) is 26.2. The lowest BCUT2D eigenvalue weighted by Crippen LogP contribution is -2.40. The molecule has 1 spiro atoms. The number of benzene rings is 5. The highest BCUT2D eigenvalue weighted by molar-refractivity contribution is 5.90. The lowest BCUT2D eigenvalue weighted by atomic mass is 9.55. The second-order valence-electron chi connectivity index (χ2n) is 11.1. The highest BCUT2D eigenvalue weighted by atomic mass is 16.4. The van der Waals surface area contributed by atoms with Gasteiger partial charge in [-0.15, -0.1) is 10.2 Å². The average Bonchev–Trinajstić information content (AvgIpc) is 3.59. The van der Waals surface area contributed by atoms with Crippen LogP contribution in [0.4, 0.5) is 0 Å². The first-order valence-electron chi connectivity index (χ1n) is 13.4. The van der Waals surface area contributed by atoms with Crippen LogP contribution >= 0.6 is 0 Å². The molecule has 3 heteroatoms. The zero-order valence-electron chi connectivity index (χ0n) is 21.8. The fraction of sp³-hybridized carbons (Fsp3) is 0.111. The van der Waals surface area contributed by atoms with Crippen molar-refractivity contribution in [1.29, 1.82) is 0 Å². The topological polar surface area (TPSA) is 38.9 Å². The molecule has 5 aromatic carbocycles. The molecule has 8 rings (SSSR count). The van der Waals surface area contributed by atoms with Crippen LogP contribution in [-0.2, 0) is 10.8 Å². The first-order valence-corrected chi connectivity index (χ1v) is 13.4. The van der Waals surface area contributed by atoms with E-state index in [1.165, 1.54) is 44.5 Å². The highest BCUT2D eigenvalue weighted by Gasteiger charge is 2.53. The van der Waals surface area contributed by atoms with Crippen molar-refractivity contribution in [3.05, 3.63) is 155 Å². The number of fused-ring (bicyclic) bond motifs is 9. The van der Waals surface area contributed by atoms with Gasteiger partial charge in [0, 0.05) is 16.5 Å². The molecule has 0 atom stereocenters. The molecule has 186 valence electrons. The monoisotopic (exact) mass is 502 g/mol. The maximum absolute atomic E-state index is 6.16. The molecule has 0 saturated carbocycles. The summed E-state index contributed by atoms with van der Waals surface area (Å²) >= 11 is 0. The first kappa shape index (κ1) is 22.2. The van der Waals surface area contributed by atoms with E-state index in [9.17, 15) is 0 Å². The molecule has 0 fully saturated rings. The van der Waals surface area contributed by atoms with E-state index >= 15 is 0 Å². The second-order valence-corrected chi connectivity index (χ2v) is 11.1. The van der Waals surface area contributed by atoms with Gasteiger partial charge in [0.15, 0.2) is 0 Å². The summed E-state index contributed by atoms with van der Waals surface area (Å²) in [6.07, 6.45) is 0. The molecule has 2 aliphatic rings. The normalized spacial score (nSPS) is 15.3. The Morgan fingerprint density at radius 2 is 0.974 bits per heavy atom. The summed E-state index contributed by atoms with van der Waals surface area (Å²) in [4.78, 5) is 0. The van der Waals surface area contributed by atoms with Crippen LogP contribution in [0.25, 0.3) is 34.0 Å². The van der Waals surface area contributed by atoms with Crippen molar-refractivity contribution >= 4 is 0 Å². The molecular formula is C36H26N2O. The van der Waals surface area contributed by atoms with Crippen LogP contribution in [0, 0.1) is 0 Å². The summed E-state index contributed by atoms with van der Waals surface area (Å²) < 4.78 is 6.16. The van der Waals surface area contributed by atoms with Gasteiger partial charge >= 0.3 is 0 Å². The quantitative estimate of drug-likeness (QED) is 0.238. The summed E-state index contributed by atoms with van der Waals surface area (Å²) in [6, 6.07) is 43.4. The van der Waals surface area contributed by atoms with Crippen LogP contribution in [-0.4, -0.2) is 10.2 Å². The second kappa shape index (κ2) is 7.87. The zero-order valence-corrected chi connectivity index (χ0v) is 21.8. The van der Waals surface area contributed by atoms with E-state index in [2.05, 4.69) is 115 Å². The molecule has 0 radical (unpaired) electrons. The van der Waals surface area contributed by atoms with Crippen LogP contribution in [0.5, 0.6) is 0 Å². The highest BCUT2D eigenvalue weighted by Crippen LogP contribution is 2.62. The van der Waals surface area contributed by atoms with E-state index < -0.39 is 5.41 Å². The minimum absolute atomic E-state index is 0.104. The van der Waals surface area contributed by atoms with Crippen molar-refractivity contribution in [2.75, 3.05) is 0 Å². The van der Waals surface area contributed by atoms with Crippen LogP contribution in [0.15, 0.2) is 126 Å². The molecule has 1 heterocycles. The summed E-state index contributed by atoms with van der Waals surface area (Å²) in [5, 5.41) is 8.77. The van der Waals surface area contributed by atoms with Gasteiger partial charge in [0.25, 0.3) is 0 Å². The van der Waals surface area contributed by atoms with E-state index in [-0.39, 0.29) is 5.41 Å². The van der Waals surface area contributed by atoms with Crippen LogP contribution < -0.4 is 0 Å². The van der Waals surface area contributed by atoms with Gasteiger partial charge in [-0.1, -0.05) is 111 Å². The Kier molecular flexibility index (Phi) is 4.49. The Morgan fingerprint density at radius 1 is 0.462 bits per heavy atom. The van der Waals surface area contributed by atoms with E-state index in [0.717, 1.165) is 11.1 Å². The summed E-state index contributed by atoms with van der Waals surface area (Å²) in [6.45, 7) is 4.70. The minimum atomic E-state index is -0.392. The molecule has 1 aromatic heterocycles. The van der Waals surface area contributed by atoms with E-state index in [4.69, 9.17) is 4.42 Å². The Morgan fingerprint density at radius 3 is 1.64 bits per heavy atom. The first-order chi connectivity index (χ1) is 19.1. The van der Waals surface area contributed by atoms with Gasteiger partial charge in [0.05, 0.1) is 5.41 Å². The van der Waals surface area contributed by atoms with E-state index in [1.807, 2.05) is 30.3 Å². The Hall–Kier alpha value is -4.76. The molecule has 0 N–H and O–H groups in total. The van der Waals surface area contributed by atoms with Crippen LogP contribution in [0.1, 0.15) is 47.2 Å². The Labute approximate surface area is 227 Å². The fourth-order valence-corrected chi connectivity index (χ4v) is 7.04. The molecular weight excluding hydrogens is 476 g/mol. The molecule has 0 unspecified atom stereocenters. The molecule has 0 amide bonds. The number of hydrogen-bond acceptors (Lipinski definition) is 3. The van der Waals surface area contributed by atoms with Gasteiger partial charge in [0.2, 0.25) is 11.8 Å². The van der Waals surface area contributed by atoms with Gasteiger partial charge < -0.3 is 4.42 Å². The van der Waals surface area contributed by atoms with Crippen molar-refractivity contribution in [3.63, 3.8) is 0 Å². The number of nitrogens with zero attached hydrogens (tertiary/aromatic N) is 2. The molecule has 6 aromatic rings. The standard InChI is InChI=1S/C36H26N2O/c1-35(2)29-16-8-10-18-31(29)36(32-19-11-9-17-30(32)35)27-15-7-6-14-25(27)26-22-24(20-21-28(26)36)34-38-37-33(39-34)23-12-4-3-5-13-23/h3-22H,1-2H3. The molecule has 3 nitrogen and oxygen atoms in total. The third kappa shape index (κ3) is 2.87. The van der Waals surface area contributed by atoms with Crippen molar-refractivity contribution in [2.24, 2.45) is 0 Å². The Bertz CT molecular complexity index is 1850. The Balaban J connectivity index is 1.40.